The van der Waals surface area contributed by atoms with Crippen molar-refractivity contribution >= 4 is 5.97 Å². The second kappa shape index (κ2) is 13.6. The number of aliphatic hydroxyl groups is 1. The molecule has 1 aliphatic carbocycles. The minimum atomic E-state index is -1.38. The molecule has 0 bridgehead atoms. The van der Waals surface area contributed by atoms with Gasteiger partial charge in [0.1, 0.15) is 0 Å². The van der Waals surface area contributed by atoms with Crippen molar-refractivity contribution in [3.8, 4) is 0 Å². The van der Waals surface area contributed by atoms with Crippen LogP contribution >= 0.6 is 0 Å². The summed E-state index contributed by atoms with van der Waals surface area (Å²) in [5.41, 5.74) is 7.42. The number of nitrogens with one attached hydrogen (secondary N) is 1. The molecule has 0 amide bonds. The van der Waals surface area contributed by atoms with Gasteiger partial charge < -0.3 is 33.8 Å². The zero-order valence-corrected chi connectivity index (χ0v) is 11.8. The maximum atomic E-state index is 9.35. The van der Waals surface area contributed by atoms with E-state index in [2.05, 4.69) is 13.5 Å². The van der Waals surface area contributed by atoms with Crippen LogP contribution in [-0.4, -0.2) is 33.2 Å². The van der Waals surface area contributed by atoms with E-state index in [9.17, 15) is 4.79 Å². The molecule has 7 N–H and O–H groups in total. The van der Waals surface area contributed by atoms with E-state index in [-0.39, 0.29) is 38.1 Å². The molecule has 17 heavy (non-hydrogen) atoms. The first-order valence-electron chi connectivity index (χ1n) is 4.60. The van der Waals surface area contributed by atoms with Gasteiger partial charge in [0.15, 0.2) is 5.76 Å². The van der Waals surface area contributed by atoms with E-state index in [1.807, 2.05) is 0 Å². The van der Waals surface area contributed by atoms with Crippen LogP contribution in [0.15, 0.2) is 12.3 Å². The van der Waals surface area contributed by atoms with Gasteiger partial charge in [0, 0.05) is 0 Å². The SMILES string of the molecule is C=C(O)C(=O)O.O.O.[CH2-][C@@H]1CCCC[C@H]1[NH-].[Pt+2]. The zero-order valence-electron chi connectivity index (χ0n) is 9.52. The number of carbonyl (C=O) groups is 1. The number of hydrogen-bond donors (Lipinski definition) is 2. The third kappa shape index (κ3) is 13.5. The molecular formula is C10H21NO5Pt. The van der Waals surface area contributed by atoms with Gasteiger partial charge in [-0.1, -0.05) is 25.7 Å². The van der Waals surface area contributed by atoms with E-state index in [0.29, 0.717) is 5.92 Å². The summed E-state index contributed by atoms with van der Waals surface area (Å²) in [7, 11) is 0. The van der Waals surface area contributed by atoms with Gasteiger partial charge in [-0.15, -0.1) is 0 Å². The Kier molecular flexibility index (Phi) is 20.4. The van der Waals surface area contributed by atoms with E-state index in [4.69, 9.17) is 15.9 Å². The summed E-state index contributed by atoms with van der Waals surface area (Å²) >= 11 is 0. The summed E-state index contributed by atoms with van der Waals surface area (Å²) in [4.78, 5) is 9.35. The number of aliphatic hydroxyl groups excluding tert-OH is 1. The van der Waals surface area contributed by atoms with Crippen LogP contribution in [0.3, 0.4) is 0 Å². The molecule has 0 aromatic rings. The van der Waals surface area contributed by atoms with Crippen molar-refractivity contribution in [3.63, 3.8) is 0 Å². The fraction of sp³-hybridized carbons (Fsp3) is 0.600. The Hall–Kier alpha value is -0.422. The summed E-state index contributed by atoms with van der Waals surface area (Å²) in [5.74, 6) is -1.78. The summed E-state index contributed by atoms with van der Waals surface area (Å²) in [6, 6.07) is 0.142. The van der Waals surface area contributed by atoms with E-state index < -0.39 is 11.7 Å². The van der Waals surface area contributed by atoms with Crippen LogP contribution in [0.25, 0.3) is 5.73 Å². The average molecular weight is 430 g/mol. The molecule has 0 aromatic carbocycles. The number of carboxylic acids is 1. The smallest absolute Gasteiger partial charge is 0.677 e. The Morgan fingerprint density at radius 1 is 1.24 bits per heavy atom. The van der Waals surface area contributed by atoms with Gasteiger partial charge in [-0.2, -0.15) is 12.0 Å². The molecule has 1 saturated carbocycles. The first-order valence-corrected chi connectivity index (χ1v) is 4.60. The standard InChI is InChI=1S/C7H13N.C3H4O3.2H2O.Pt/c1-6-4-2-3-5-7(6)8;1-2(4)3(5)6;;;/h6-8H,1-5H2;4H,1H2,(H,5,6);2*1H2;/q-2;;;;+2/t6-,7-;;;;/m1..../s1. The predicted molar refractivity (Wildman–Crippen MR) is 62.1 cm³/mol. The van der Waals surface area contributed by atoms with Crippen LogP contribution in [0.2, 0.25) is 0 Å². The second-order valence-electron chi connectivity index (χ2n) is 3.40. The summed E-state index contributed by atoms with van der Waals surface area (Å²) in [6.45, 7) is 6.60. The molecular weight excluding hydrogens is 409 g/mol. The first kappa shape index (κ1) is 25.4. The molecule has 0 heterocycles. The van der Waals surface area contributed by atoms with Gasteiger partial charge in [0.05, 0.1) is 0 Å². The van der Waals surface area contributed by atoms with E-state index in [0.717, 1.165) is 6.42 Å². The molecule has 0 radical (unpaired) electrons. The Balaban J connectivity index is -0.0000000873. The predicted octanol–water partition coefficient (Wildman–Crippen LogP) is 0.922. The fourth-order valence-electron chi connectivity index (χ4n) is 1.21. The molecule has 106 valence electrons. The minimum Gasteiger partial charge on any atom is -0.677 e. The van der Waals surface area contributed by atoms with Crippen molar-refractivity contribution in [1.82, 2.24) is 0 Å². The normalized spacial score (nSPS) is 21.3. The molecule has 1 rings (SSSR count). The third-order valence-electron chi connectivity index (χ3n) is 2.16. The van der Waals surface area contributed by atoms with Crippen molar-refractivity contribution in [2.45, 2.75) is 31.7 Å². The maximum Gasteiger partial charge on any atom is 2.00 e. The molecule has 0 saturated heterocycles. The number of rotatable bonds is 1. The van der Waals surface area contributed by atoms with Gasteiger partial charge in [0.2, 0.25) is 0 Å². The van der Waals surface area contributed by atoms with E-state index >= 15 is 0 Å². The molecule has 7 heteroatoms. The molecule has 0 aliphatic heterocycles. The van der Waals surface area contributed by atoms with Crippen LogP contribution in [0, 0.1) is 12.8 Å². The van der Waals surface area contributed by atoms with Gasteiger partial charge >= 0.3 is 27.0 Å². The van der Waals surface area contributed by atoms with Crippen LogP contribution in [-0.2, 0) is 25.9 Å². The molecule has 1 fully saturated rings. The zero-order chi connectivity index (χ0) is 11.1. The molecule has 0 aromatic heterocycles. The molecule has 6 nitrogen and oxygen atoms in total. The van der Waals surface area contributed by atoms with Crippen molar-refractivity contribution in [3.05, 3.63) is 25.0 Å². The van der Waals surface area contributed by atoms with Crippen LogP contribution in [0.4, 0.5) is 0 Å². The molecule has 0 unspecified atom stereocenters. The van der Waals surface area contributed by atoms with Crippen LogP contribution in [0.1, 0.15) is 25.7 Å². The quantitative estimate of drug-likeness (QED) is 0.363. The Bertz CT molecular complexity index is 191. The number of aliphatic carboxylic acids is 1. The van der Waals surface area contributed by atoms with Crippen LogP contribution < -0.4 is 0 Å². The maximum absolute atomic E-state index is 9.35. The number of hydrogen-bond acceptors (Lipinski definition) is 2. The van der Waals surface area contributed by atoms with Crippen molar-refractivity contribution < 1.29 is 47.0 Å². The van der Waals surface area contributed by atoms with Crippen molar-refractivity contribution in [2.24, 2.45) is 5.92 Å². The summed E-state index contributed by atoms with van der Waals surface area (Å²) in [6.07, 6.45) is 4.80. The van der Waals surface area contributed by atoms with E-state index in [1.165, 1.54) is 19.3 Å². The minimum absolute atomic E-state index is 0. The topological polar surface area (TPSA) is 144 Å². The van der Waals surface area contributed by atoms with Gasteiger partial charge in [-0.25, -0.2) is 4.79 Å². The van der Waals surface area contributed by atoms with Crippen molar-refractivity contribution in [1.29, 1.82) is 0 Å². The largest absolute Gasteiger partial charge is 2.00 e. The molecule has 2 atom stereocenters. The Labute approximate surface area is 116 Å². The second-order valence-corrected chi connectivity index (χ2v) is 3.40. The molecule has 0 spiro atoms. The third-order valence-corrected chi connectivity index (χ3v) is 2.16. The van der Waals surface area contributed by atoms with Crippen LogP contribution in [0.5, 0.6) is 0 Å². The van der Waals surface area contributed by atoms with Gasteiger partial charge in [0.25, 0.3) is 0 Å². The average Bonchev–Trinajstić information content (AvgIpc) is 2.11. The first-order chi connectivity index (χ1) is 6.45. The Morgan fingerprint density at radius 3 is 1.76 bits per heavy atom. The molecule has 1 aliphatic rings. The Morgan fingerprint density at radius 2 is 1.59 bits per heavy atom. The number of carboxylic acid groups (broad SMARTS) is 1. The fourth-order valence-corrected chi connectivity index (χ4v) is 1.21. The monoisotopic (exact) mass is 430 g/mol. The van der Waals surface area contributed by atoms with E-state index in [1.54, 1.807) is 0 Å². The van der Waals surface area contributed by atoms with Gasteiger partial charge in [-0.3, -0.25) is 0 Å². The summed E-state index contributed by atoms with van der Waals surface area (Å²) < 4.78 is 0. The van der Waals surface area contributed by atoms with Gasteiger partial charge in [-0.05, 0) is 6.58 Å². The van der Waals surface area contributed by atoms with Crippen molar-refractivity contribution in [2.75, 3.05) is 0 Å². The summed E-state index contributed by atoms with van der Waals surface area (Å²) in [5, 5.41) is 15.5.